The van der Waals surface area contributed by atoms with Crippen molar-refractivity contribution >= 4 is 0 Å². The molecule has 0 saturated carbocycles. The molecule has 1 unspecified atom stereocenters. The van der Waals surface area contributed by atoms with Crippen molar-refractivity contribution in [3.05, 3.63) is 52.6 Å². The molecule has 0 aliphatic rings. The molecule has 1 heterocycles. The number of methoxy groups -OCH3 is 1. The van der Waals surface area contributed by atoms with Crippen LogP contribution in [-0.4, -0.2) is 24.1 Å². The number of aromatic nitrogens is 2. The maximum Gasteiger partial charge on any atom is 0.125 e. The molecule has 0 fully saturated rings. The molecule has 0 saturated heterocycles. The van der Waals surface area contributed by atoms with E-state index in [0.29, 0.717) is 0 Å². The van der Waals surface area contributed by atoms with Crippen LogP contribution in [0.15, 0.2) is 24.4 Å². The van der Waals surface area contributed by atoms with Gasteiger partial charge in [0, 0.05) is 11.8 Å². The van der Waals surface area contributed by atoms with Crippen LogP contribution in [0.1, 0.15) is 34.3 Å². The van der Waals surface area contributed by atoms with Crippen molar-refractivity contribution in [3.63, 3.8) is 0 Å². The largest absolute Gasteiger partial charge is 0.496 e. The molecule has 1 atom stereocenters. The van der Waals surface area contributed by atoms with E-state index in [1.54, 1.807) is 13.3 Å². The topological polar surface area (TPSA) is 47.0 Å². The van der Waals surface area contributed by atoms with Crippen molar-refractivity contribution in [1.29, 1.82) is 0 Å². The molecule has 4 heteroatoms. The van der Waals surface area contributed by atoms with E-state index in [9.17, 15) is 0 Å². The van der Waals surface area contributed by atoms with Crippen LogP contribution in [0.5, 0.6) is 5.75 Å². The molecule has 0 spiro atoms. The Labute approximate surface area is 120 Å². The third-order valence-electron chi connectivity index (χ3n) is 3.38. The highest BCUT2D eigenvalue weighted by molar-refractivity contribution is 5.47. The summed E-state index contributed by atoms with van der Waals surface area (Å²) in [6, 6.07) is 6.15. The lowest BCUT2D eigenvalue weighted by Gasteiger charge is -2.22. The number of ether oxygens (including phenoxy) is 1. The second kappa shape index (κ2) is 6.01. The average molecular weight is 271 g/mol. The van der Waals surface area contributed by atoms with E-state index in [0.717, 1.165) is 22.8 Å². The van der Waals surface area contributed by atoms with Crippen LogP contribution in [0.3, 0.4) is 0 Å². The normalized spacial score (nSPS) is 12.2. The standard InChI is InChI=1S/C16H21N3O/c1-10-8-11(2)15(14(9-10)20-5)16(17-4)13-6-7-18-12(3)19-13/h6-9,16-17H,1-5H3. The third-order valence-corrected chi connectivity index (χ3v) is 3.38. The number of aryl methyl sites for hydroxylation is 3. The zero-order valence-corrected chi connectivity index (χ0v) is 12.7. The van der Waals surface area contributed by atoms with Gasteiger partial charge in [-0.05, 0) is 51.1 Å². The quantitative estimate of drug-likeness (QED) is 0.929. The summed E-state index contributed by atoms with van der Waals surface area (Å²) in [5, 5.41) is 3.33. The van der Waals surface area contributed by atoms with Gasteiger partial charge in [0.2, 0.25) is 0 Å². The molecule has 0 aliphatic carbocycles. The van der Waals surface area contributed by atoms with E-state index in [1.165, 1.54) is 11.1 Å². The Hall–Kier alpha value is -1.94. The molecule has 2 rings (SSSR count). The predicted molar refractivity (Wildman–Crippen MR) is 80.1 cm³/mol. The number of rotatable bonds is 4. The number of nitrogens with one attached hydrogen (secondary N) is 1. The van der Waals surface area contributed by atoms with Gasteiger partial charge < -0.3 is 10.1 Å². The minimum absolute atomic E-state index is 0.00718. The van der Waals surface area contributed by atoms with E-state index in [2.05, 4.69) is 41.3 Å². The van der Waals surface area contributed by atoms with Crippen LogP contribution in [-0.2, 0) is 0 Å². The maximum absolute atomic E-state index is 5.56. The molecule has 2 aromatic rings. The zero-order chi connectivity index (χ0) is 14.7. The highest BCUT2D eigenvalue weighted by Crippen LogP contribution is 2.32. The third kappa shape index (κ3) is 2.80. The van der Waals surface area contributed by atoms with E-state index < -0.39 is 0 Å². The van der Waals surface area contributed by atoms with Gasteiger partial charge in [0.25, 0.3) is 0 Å². The van der Waals surface area contributed by atoms with Crippen LogP contribution >= 0.6 is 0 Å². The second-order valence-electron chi connectivity index (χ2n) is 4.95. The SMILES string of the molecule is CNC(c1ccnc(C)n1)c1c(C)cc(C)cc1OC. The fraction of sp³-hybridized carbons (Fsp3) is 0.375. The van der Waals surface area contributed by atoms with Crippen LogP contribution in [0.4, 0.5) is 0 Å². The molecular formula is C16H21N3O. The van der Waals surface area contributed by atoms with Crippen molar-refractivity contribution in [3.8, 4) is 5.75 Å². The lowest BCUT2D eigenvalue weighted by Crippen LogP contribution is -2.21. The van der Waals surface area contributed by atoms with Gasteiger partial charge in [0.1, 0.15) is 11.6 Å². The monoisotopic (exact) mass is 271 g/mol. The van der Waals surface area contributed by atoms with Gasteiger partial charge >= 0.3 is 0 Å². The highest BCUT2D eigenvalue weighted by atomic mass is 16.5. The Balaban J connectivity index is 2.57. The fourth-order valence-corrected chi connectivity index (χ4v) is 2.55. The Morgan fingerprint density at radius 2 is 1.95 bits per heavy atom. The molecular weight excluding hydrogens is 250 g/mol. The average Bonchev–Trinajstić information content (AvgIpc) is 2.41. The van der Waals surface area contributed by atoms with Crippen LogP contribution in [0.2, 0.25) is 0 Å². The van der Waals surface area contributed by atoms with Gasteiger partial charge in [-0.2, -0.15) is 0 Å². The molecule has 0 aliphatic heterocycles. The molecule has 0 amide bonds. The first-order valence-electron chi connectivity index (χ1n) is 6.68. The molecule has 1 aromatic carbocycles. The molecule has 1 N–H and O–H groups in total. The summed E-state index contributed by atoms with van der Waals surface area (Å²) in [6.07, 6.45) is 1.79. The van der Waals surface area contributed by atoms with Gasteiger partial charge in [0.15, 0.2) is 0 Å². The second-order valence-corrected chi connectivity index (χ2v) is 4.95. The van der Waals surface area contributed by atoms with Gasteiger partial charge in [-0.1, -0.05) is 6.07 Å². The smallest absolute Gasteiger partial charge is 0.125 e. The Kier molecular flexibility index (Phi) is 4.35. The Morgan fingerprint density at radius 3 is 2.55 bits per heavy atom. The Morgan fingerprint density at radius 1 is 1.20 bits per heavy atom. The van der Waals surface area contributed by atoms with Crippen molar-refractivity contribution in [2.75, 3.05) is 14.2 Å². The Bertz CT molecular complexity index is 611. The first-order chi connectivity index (χ1) is 9.56. The van der Waals surface area contributed by atoms with Crippen LogP contribution in [0.25, 0.3) is 0 Å². The summed E-state index contributed by atoms with van der Waals surface area (Å²) in [5.41, 5.74) is 4.46. The number of benzene rings is 1. The highest BCUT2D eigenvalue weighted by Gasteiger charge is 2.20. The molecule has 0 bridgehead atoms. The minimum atomic E-state index is -0.00718. The minimum Gasteiger partial charge on any atom is -0.496 e. The van der Waals surface area contributed by atoms with Crippen molar-refractivity contribution in [2.45, 2.75) is 26.8 Å². The summed E-state index contributed by atoms with van der Waals surface area (Å²) < 4.78 is 5.56. The maximum atomic E-state index is 5.56. The van der Waals surface area contributed by atoms with E-state index >= 15 is 0 Å². The molecule has 1 aromatic heterocycles. The van der Waals surface area contributed by atoms with Gasteiger partial charge in [-0.15, -0.1) is 0 Å². The van der Waals surface area contributed by atoms with Gasteiger partial charge in [0.05, 0.1) is 18.8 Å². The number of hydrogen-bond donors (Lipinski definition) is 1. The number of nitrogens with zero attached hydrogens (tertiary/aromatic N) is 2. The van der Waals surface area contributed by atoms with Crippen molar-refractivity contribution in [2.24, 2.45) is 0 Å². The number of hydrogen-bond acceptors (Lipinski definition) is 4. The molecule has 106 valence electrons. The van der Waals surface area contributed by atoms with Gasteiger partial charge in [-0.3, -0.25) is 0 Å². The first kappa shape index (κ1) is 14.5. The summed E-state index contributed by atoms with van der Waals surface area (Å²) in [7, 11) is 3.64. The van der Waals surface area contributed by atoms with Gasteiger partial charge in [-0.25, -0.2) is 9.97 Å². The lowest BCUT2D eigenvalue weighted by atomic mass is 9.95. The molecule has 0 radical (unpaired) electrons. The van der Waals surface area contributed by atoms with Crippen molar-refractivity contribution < 1.29 is 4.74 Å². The van der Waals surface area contributed by atoms with E-state index in [4.69, 9.17) is 4.74 Å². The molecule has 4 nitrogen and oxygen atoms in total. The summed E-state index contributed by atoms with van der Waals surface area (Å²) >= 11 is 0. The van der Waals surface area contributed by atoms with E-state index in [-0.39, 0.29) is 6.04 Å². The first-order valence-corrected chi connectivity index (χ1v) is 6.68. The predicted octanol–water partition coefficient (Wildman–Crippen LogP) is 2.72. The van der Waals surface area contributed by atoms with Crippen LogP contribution < -0.4 is 10.1 Å². The summed E-state index contributed by atoms with van der Waals surface area (Å²) in [4.78, 5) is 8.69. The summed E-state index contributed by atoms with van der Waals surface area (Å²) in [5.74, 6) is 1.66. The van der Waals surface area contributed by atoms with Crippen molar-refractivity contribution in [1.82, 2.24) is 15.3 Å². The van der Waals surface area contributed by atoms with E-state index in [1.807, 2.05) is 20.0 Å². The lowest BCUT2D eigenvalue weighted by molar-refractivity contribution is 0.404. The fourth-order valence-electron chi connectivity index (χ4n) is 2.55. The zero-order valence-electron chi connectivity index (χ0n) is 12.7. The van der Waals surface area contributed by atoms with Crippen LogP contribution in [0, 0.1) is 20.8 Å². The summed E-state index contributed by atoms with van der Waals surface area (Å²) in [6.45, 7) is 6.07. The molecule has 20 heavy (non-hydrogen) atoms.